The molecule has 1 unspecified atom stereocenters. The molecular weight excluding hydrogens is 310 g/mol. The molecule has 0 bridgehead atoms. The van der Waals surface area contributed by atoms with Crippen LogP contribution in [0.4, 0.5) is 0 Å². The van der Waals surface area contributed by atoms with E-state index in [9.17, 15) is 14.7 Å². The van der Waals surface area contributed by atoms with E-state index in [4.69, 9.17) is 0 Å². The van der Waals surface area contributed by atoms with Crippen LogP contribution in [0.2, 0.25) is 0 Å². The van der Waals surface area contributed by atoms with Gasteiger partial charge in [0.1, 0.15) is 6.33 Å². The number of aromatic nitrogens is 4. The van der Waals surface area contributed by atoms with Crippen LogP contribution in [-0.4, -0.2) is 55.2 Å². The molecule has 0 saturated carbocycles. The number of carboxylic acid groups (broad SMARTS) is 1. The highest BCUT2D eigenvalue weighted by Crippen LogP contribution is 2.30. The average molecular weight is 329 g/mol. The van der Waals surface area contributed by atoms with Crippen molar-refractivity contribution in [2.24, 2.45) is 0 Å². The highest BCUT2D eigenvalue weighted by Gasteiger charge is 2.29. The van der Waals surface area contributed by atoms with Crippen LogP contribution in [0.5, 0.6) is 0 Å². The number of rotatable bonds is 6. The van der Waals surface area contributed by atoms with Crippen molar-refractivity contribution in [3.63, 3.8) is 0 Å². The molecule has 1 amide bonds. The lowest BCUT2D eigenvalue weighted by Gasteiger charge is -2.17. The summed E-state index contributed by atoms with van der Waals surface area (Å²) in [5.41, 5.74) is 1.14. The number of tetrazole rings is 1. The van der Waals surface area contributed by atoms with E-state index in [1.807, 2.05) is 17.0 Å². The second kappa shape index (κ2) is 7.20. The van der Waals surface area contributed by atoms with Crippen LogP contribution in [0.1, 0.15) is 41.1 Å². The molecule has 1 aromatic carbocycles. The first kappa shape index (κ1) is 16.1. The van der Waals surface area contributed by atoms with E-state index in [-0.39, 0.29) is 11.8 Å². The summed E-state index contributed by atoms with van der Waals surface area (Å²) < 4.78 is 1.60. The molecule has 8 heteroatoms. The van der Waals surface area contributed by atoms with Gasteiger partial charge in [-0.15, -0.1) is 5.10 Å². The number of aryl methyl sites for hydroxylation is 1. The quantitative estimate of drug-likeness (QED) is 0.853. The number of hydrogen-bond acceptors (Lipinski definition) is 5. The molecule has 1 aliphatic heterocycles. The zero-order chi connectivity index (χ0) is 16.9. The summed E-state index contributed by atoms with van der Waals surface area (Å²) in [5, 5.41) is 20.2. The highest BCUT2D eigenvalue weighted by atomic mass is 16.4. The Kier molecular flexibility index (Phi) is 4.83. The van der Waals surface area contributed by atoms with Gasteiger partial charge in [0, 0.05) is 32.0 Å². The Labute approximate surface area is 139 Å². The molecule has 8 nitrogen and oxygen atoms in total. The minimum Gasteiger partial charge on any atom is -0.478 e. The Morgan fingerprint density at radius 1 is 1.29 bits per heavy atom. The molecule has 0 radical (unpaired) electrons. The molecule has 1 atom stereocenters. The fourth-order valence-corrected chi connectivity index (χ4v) is 3.12. The maximum atomic E-state index is 12.3. The van der Waals surface area contributed by atoms with Crippen molar-refractivity contribution in [2.45, 2.75) is 31.7 Å². The van der Waals surface area contributed by atoms with Gasteiger partial charge in [-0.25, -0.2) is 9.48 Å². The fourth-order valence-electron chi connectivity index (χ4n) is 3.12. The van der Waals surface area contributed by atoms with E-state index in [0.29, 0.717) is 38.0 Å². The van der Waals surface area contributed by atoms with Crippen molar-refractivity contribution in [1.29, 1.82) is 0 Å². The smallest absolute Gasteiger partial charge is 0.335 e. The maximum Gasteiger partial charge on any atom is 0.335 e. The van der Waals surface area contributed by atoms with Crippen molar-refractivity contribution < 1.29 is 14.7 Å². The molecule has 1 aromatic heterocycles. The number of nitrogens with zero attached hydrogens (tertiary/aromatic N) is 5. The number of benzene rings is 1. The minimum absolute atomic E-state index is 0.0840. The van der Waals surface area contributed by atoms with E-state index in [1.165, 1.54) is 6.33 Å². The van der Waals surface area contributed by atoms with Gasteiger partial charge in [0.15, 0.2) is 0 Å². The second-order valence-corrected chi connectivity index (χ2v) is 5.89. The predicted molar refractivity (Wildman–Crippen MR) is 84.4 cm³/mol. The summed E-state index contributed by atoms with van der Waals surface area (Å²) in [5.74, 6) is -0.740. The lowest BCUT2D eigenvalue weighted by molar-refractivity contribution is -0.130. The van der Waals surface area contributed by atoms with Crippen LogP contribution in [0, 0.1) is 0 Å². The molecule has 24 heavy (non-hydrogen) atoms. The van der Waals surface area contributed by atoms with E-state index in [1.54, 1.807) is 16.8 Å². The molecule has 2 aromatic rings. The van der Waals surface area contributed by atoms with Gasteiger partial charge < -0.3 is 10.0 Å². The number of amides is 1. The number of carbonyl (C=O) groups excluding carboxylic acids is 1. The summed E-state index contributed by atoms with van der Waals surface area (Å²) in [6, 6.07) is 7.04. The molecule has 3 rings (SSSR count). The lowest BCUT2D eigenvalue weighted by atomic mass is 9.93. The van der Waals surface area contributed by atoms with Crippen LogP contribution in [0.15, 0.2) is 30.6 Å². The zero-order valence-electron chi connectivity index (χ0n) is 13.2. The van der Waals surface area contributed by atoms with Gasteiger partial charge in [0.25, 0.3) is 0 Å². The predicted octanol–water partition coefficient (Wildman–Crippen LogP) is 1.17. The van der Waals surface area contributed by atoms with Gasteiger partial charge in [-0.2, -0.15) is 0 Å². The average Bonchev–Trinajstić information content (AvgIpc) is 3.26. The summed E-state index contributed by atoms with van der Waals surface area (Å²) in [6.45, 7) is 1.86. The van der Waals surface area contributed by atoms with E-state index >= 15 is 0 Å². The first-order valence-electron chi connectivity index (χ1n) is 7.96. The Morgan fingerprint density at radius 2 is 2.12 bits per heavy atom. The zero-order valence-corrected chi connectivity index (χ0v) is 13.2. The third-order valence-electron chi connectivity index (χ3n) is 4.34. The molecular formula is C16H19N5O3. The minimum atomic E-state index is -0.920. The largest absolute Gasteiger partial charge is 0.478 e. The van der Waals surface area contributed by atoms with Crippen molar-refractivity contribution in [3.8, 4) is 0 Å². The van der Waals surface area contributed by atoms with Gasteiger partial charge >= 0.3 is 5.97 Å². The van der Waals surface area contributed by atoms with E-state index < -0.39 is 5.97 Å². The fraction of sp³-hybridized carbons (Fsp3) is 0.438. The number of aromatic carboxylic acids is 1. The SMILES string of the molecule is O=C(O)c1ccccc1C1CCN(C(=O)CCCn2cnnn2)C1. The van der Waals surface area contributed by atoms with Crippen LogP contribution in [0.3, 0.4) is 0 Å². The molecule has 1 aliphatic rings. The van der Waals surface area contributed by atoms with E-state index in [2.05, 4.69) is 15.5 Å². The first-order valence-corrected chi connectivity index (χ1v) is 7.96. The van der Waals surface area contributed by atoms with Crippen molar-refractivity contribution in [2.75, 3.05) is 13.1 Å². The molecule has 0 spiro atoms. The highest BCUT2D eigenvalue weighted by molar-refractivity contribution is 5.89. The van der Waals surface area contributed by atoms with Crippen LogP contribution >= 0.6 is 0 Å². The van der Waals surface area contributed by atoms with Crippen molar-refractivity contribution in [1.82, 2.24) is 25.1 Å². The lowest BCUT2D eigenvalue weighted by Crippen LogP contribution is -2.28. The summed E-state index contributed by atoms with van der Waals surface area (Å²) in [6.07, 6.45) is 3.44. The second-order valence-electron chi connectivity index (χ2n) is 5.89. The Hall–Kier alpha value is -2.77. The van der Waals surface area contributed by atoms with Gasteiger partial charge in [-0.3, -0.25) is 4.79 Å². The molecule has 1 fully saturated rings. The molecule has 1 saturated heterocycles. The molecule has 0 aliphatic carbocycles. The van der Waals surface area contributed by atoms with Gasteiger partial charge in [-0.05, 0) is 34.9 Å². The third kappa shape index (κ3) is 3.58. The van der Waals surface area contributed by atoms with Crippen molar-refractivity contribution in [3.05, 3.63) is 41.7 Å². The summed E-state index contributed by atoms with van der Waals surface area (Å²) >= 11 is 0. The standard InChI is InChI=1S/C16H19N5O3/c22-15(6-3-8-21-11-17-18-19-21)20-9-7-12(10-20)13-4-1-2-5-14(13)16(23)24/h1-2,4-5,11-12H,3,6-10H2,(H,23,24). The van der Waals surface area contributed by atoms with E-state index in [0.717, 1.165) is 12.0 Å². The van der Waals surface area contributed by atoms with Crippen molar-refractivity contribution >= 4 is 11.9 Å². The Morgan fingerprint density at radius 3 is 2.88 bits per heavy atom. The molecule has 2 heterocycles. The Balaban J connectivity index is 1.55. The molecule has 126 valence electrons. The van der Waals surface area contributed by atoms with Gasteiger partial charge in [-0.1, -0.05) is 18.2 Å². The first-order chi connectivity index (χ1) is 11.6. The number of hydrogen-bond donors (Lipinski definition) is 1. The Bertz CT molecular complexity index is 716. The van der Waals surface area contributed by atoms with Crippen LogP contribution < -0.4 is 0 Å². The normalized spacial score (nSPS) is 17.2. The molecule has 1 N–H and O–H groups in total. The number of carbonyl (C=O) groups is 2. The maximum absolute atomic E-state index is 12.3. The van der Waals surface area contributed by atoms with Crippen LogP contribution in [-0.2, 0) is 11.3 Å². The summed E-state index contributed by atoms with van der Waals surface area (Å²) in [4.78, 5) is 25.5. The van der Waals surface area contributed by atoms with Crippen LogP contribution in [0.25, 0.3) is 0 Å². The topological polar surface area (TPSA) is 101 Å². The van der Waals surface area contributed by atoms with Gasteiger partial charge in [0.05, 0.1) is 5.56 Å². The number of carboxylic acids is 1. The number of likely N-dealkylation sites (tertiary alicyclic amines) is 1. The third-order valence-corrected chi connectivity index (χ3v) is 4.34. The monoisotopic (exact) mass is 329 g/mol. The summed E-state index contributed by atoms with van der Waals surface area (Å²) in [7, 11) is 0. The van der Waals surface area contributed by atoms with Gasteiger partial charge in [0.2, 0.25) is 5.91 Å².